The van der Waals surface area contributed by atoms with Gasteiger partial charge >= 0.3 is 0 Å². The fourth-order valence-electron chi connectivity index (χ4n) is 5.55. The summed E-state index contributed by atoms with van der Waals surface area (Å²) in [5.41, 5.74) is 3.39. The van der Waals surface area contributed by atoms with Gasteiger partial charge in [-0.15, -0.1) is 5.10 Å². The van der Waals surface area contributed by atoms with Gasteiger partial charge in [0.2, 0.25) is 0 Å². The number of hydrogen-bond acceptors (Lipinski definition) is 8. The molecule has 37 heavy (non-hydrogen) atoms. The summed E-state index contributed by atoms with van der Waals surface area (Å²) in [4.78, 5) is 19.0. The van der Waals surface area contributed by atoms with Gasteiger partial charge in [-0.2, -0.15) is 0 Å². The third-order valence-corrected chi connectivity index (χ3v) is 7.33. The molecule has 1 N–H and O–H groups in total. The largest absolute Gasteiger partial charge is 0.493 e. The summed E-state index contributed by atoms with van der Waals surface area (Å²) in [6, 6.07) is 13.4. The molecule has 2 aliphatic heterocycles. The number of ether oxygens (including phenoxy) is 3. The lowest BCUT2D eigenvalue weighted by Crippen LogP contribution is -2.39. The van der Waals surface area contributed by atoms with Crippen LogP contribution in [0.5, 0.6) is 11.5 Å². The van der Waals surface area contributed by atoms with Gasteiger partial charge in [-0.1, -0.05) is 18.2 Å². The molecule has 1 saturated heterocycles. The number of H-pyrrole nitrogens is 1. The van der Waals surface area contributed by atoms with Crippen molar-refractivity contribution in [1.82, 2.24) is 25.2 Å². The lowest BCUT2D eigenvalue weighted by molar-refractivity contribution is 0.0924. The number of hydrogen-bond donors (Lipinski definition) is 1. The van der Waals surface area contributed by atoms with Crippen molar-refractivity contribution in [1.29, 1.82) is 0 Å². The van der Waals surface area contributed by atoms with Crippen molar-refractivity contribution in [2.24, 2.45) is 0 Å². The molecule has 4 heterocycles. The number of nitrogens with one attached hydrogen (secondary N) is 1. The monoisotopic (exact) mass is 502 g/mol. The molecule has 2 aromatic heterocycles. The molecule has 0 saturated carbocycles. The zero-order valence-corrected chi connectivity index (χ0v) is 21.0. The van der Waals surface area contributed by atoms with Crippen molar-refractivity contribution in [3.8, 4) is 11.5 Å². The maximum atomic E-state index is 13.7. The number of para-hydroxylation sites is 1. The van der Waals surface area contributed by atoms with E-state index in [1.807, 2.05) is 18.2 Å². The number of anilines is 1. The van der Waals surface area contributed by atoms with E-state index in [9.17, 15) is 4.79 Å². The molecule has 192 valence electrons. The second kappa shape index (κ2) is 9.85. The molecular formula is C27H30N6O4. The highest BCUT2D eigenvalue weighted by Gasteiger charge is 2.34. The van der Waals surface area contributed by atoms with Crippen LogP contribution in [0.4, 0.5) is 5.69 Å². The number of tetrazole rings is 1. The number of rotatable bonds is 7. The first-order valence-corrected chi connectivity index (χ1v) is 12.7. The van der Waals surface area contributed by atoms with Crippen LogP contribution < -0.4 is 19.9 Å². The van der Waals surface area contributed by atoms with Gasteiger partial charge in [-0.25, -0.2) is 4.68 Å². The Kier molecular flexibility index (Phi) is 6.25. The molecule has 0 radical (unpaired) electrons. The first-order chi connectivity index (χ1) is 18.2. The summed E-state index contributed by atoms with van der Waals surface area (Å²) < 4.78 is 18.6. The maximum Gasteiger partial charge on any atom is 0.254 e. The van der Waals surface area contributed by atoms with Crippen LogP contribution in [0.15, 0.2) is 47.3 Å². The van der Waals surface area contributed by atoms with E-state index in [0.717, 1.165) is 49.9 Å². The number of fused-ring (bicyclic) bond motifs is 2. The summed E-state index contributed by atoms with van der Waals surface area (Å²) in [6.45, 7) is 2.07. The van der Waals surface area contributed by atoms with E-state index in [2.05, 4.69) is 43.6 Å². The number of aryl methyl sites for hydroxylation is 1. The van der Waals surface area contributed by atoms with Gasteiger partial charge in [0.15, 0.2) is 17.3 Å². The molecule has 2 aliphatic rings. The predicted molar refractivity (Wildman–Crippen MR) is 138 cm³/mol. The topological polar surface area (TPSA) is 107 Å². The summed E-state index contributed by atoms with van der Waals surface area (Å²) in [6.07, 6.45) is 4.01. The molecule has 2 unspecified atom stereocenters. The Hall–Kier alpha value is -3.92. The molecule has 0 amide bonds. The number of benzene rings is 2. The van der Waals surface area contributed by atoms with Gasteiger partial charge in [0, 0.05) is 35.9 Å². The van der Waals surface area contributed by atoms with Crippen molar-refractivity contribution in [2.75, 3.05) is 32.3 Å². The number of methoxy groups -OCH3 is 2. The summed E-state index contributed by atoms with van der Waals surface area (Å²) in [5.74, 6) is 1.77. The van der Waals surface area contributed by atoms with Gasteiger partial charge in [-0.3, -0.25) is 4.79 Å². The Morgan fingerprint density at radius 3 is 2.78 bits per heavy atom. The normalized spacial score (nSPS) is 18.1. The summed E-state index contributed by atoms with van der Waals surface area (Å²) in [7, 11) is 3.18. The minimum atomic E-state index is -0.487. The highest BCUT2D eigenvalue weighted by molar-refractivity contribution is 5.83. The molecule has 4 aromatic rings. The number of aromatic nitrogens is 5. The van der Waals surface area contributed by atoms with Gasteiger partial charge in [0.05, 0.1) is 32.4 Å². The second-order valence-corrected chi connectivity index (χ2v) is 9.53. The van der Waals surface area contributed by atoms with Crippen molar-refractivity contribution >= 4 is 16.6 Å². The van der Waals surface area contributed by atoms with Crippen LogP contribution in [-0.4, -0.2) is 58.7 Å². The predicted octanol–water partition coefficient (Wildman–Crippen LogP) is 3.25. The second-order valence-electron chi connectivity index (χ2n) is 9.53. The van der Waals surface area contributed by atoms with E-state index in [-0.39, 0.29) is 11.7 Å². The highest BCUT2D eigenvalue weighted by Crippen LogP contribution is 2.38. The Balaban J connectivity index is 1.53. The average molecular weight is 503 g/mol. The van der Waals surface area contributed by atoms with Crippen LogP contribution in [-0.2, 0) is 17.7 Å². The van der Waals surface area contributed by atoms with Gasteiger partial charge in [0.25, 0.3) is 5.56 Å². The fraction of sp³-hybridized carbons (Fsp3) is 0.407. The first-order valence-electron chi connectivity index (χ1n) is 12.7. The van der Waals surface area contributed by atoms with Crippen molar-refractivity contribution < 1.29 is 14.2 Å². The third kappa shape index (κ3) is 4.31. The van der Waals surface area contributed by atoms with Crippen LogP contribution in [0.1, 0.15) is 42.3 Å². The van der Waals surface area contributed by atoms with Gasteiger partial charge in [-0.05, 0) is 59.9 Å². The molecular weight excluding hydrogens is 472 g/mol. The molecule has 0 aliphatic carbocycles. The lowest BCUT2D eigenvalue weighted by Gasteiger charge is -2.37. The third-order valence-electron chi connectivity index (χ3n) is 7.33. The molecule has 2 atom stereocenters. The smallest absolute Gasteiger partial charge is 0.254 e. The van der Waals surface area contributed by atoms with Crippen LogP contribution >= 0.6 is 0 Å². The Morgan fingerprint density at radius 1 is 1.14 bits per heavy atom. The molecule has 0 bridgehead atoms. The summed E-state index contributed by atoms with van der Waals surface area (Å²) >= 11 is 0. The number of nitrogens with zero attached hydrogens (tertiary/aromatic N) is 5. The van der Waals surface area contributed by atoms with E-state index in [4.69, 9.17) is 14.2 Å². The molecule has 10 heteroatoms. The van der Waals surface area contributed by atoms with Crippen molar-refractivity contribution in [3.05, 3.63) is 69.8 Å². The van der Waals surface area contributed by atoms with Crippen LogP contribution in [0.3, 0.4) is 0 Å². The number of pyridine rings is 1. The Labute approximate surface area is 214 Å². The minimum Gasteiger partial charge on any atom is -0.493 e. The maximum absolute atomic E-state index is 13.7. The lowest BCUT2D eigenvalue weighted by atomic mass is 9.96. The van der Waals surface area contributed by atoms with Crippen LogP contribution in [0.25, 0.3) is 10.9 Å². The molecule has 2 aromatic carbocycles. The van der Waals surface area contributed by atoms with Gasteiger partial charge in [0.1, 0.15) is 6.04 Å². The van der Waals surface area contributed by atoms with E-state index in [1.54, 1.807) is 25.0 Å². The van der Waals surface area contributed by atoms with Crippen molar-refractivity contribution in [3.63, 3.8) is 0 Å². The average Bonchev–Trinajstić information content (AvgIpc) is 3.61. The van der Waals surface area contributed by atoms with E-state index >= 15 is 0 Å². The minimum absolute atomic E-state index is 0.0585. The zero-order valence-electron chi connectivity index (χ0n) is 21.0. The molecule has 0 spiro atoms. The first kappa shape index (κ1) is 23.5. The van der Waals surface area contributed by atoms with Crippen LogP contribution in [0.2, 0.25) is 0 Å². The van der Waals surface area contributed by atoms with Crippen LogP contribution in [0, 0.1) is 0 Å². The standard InChI is InChI=1S/C27H30N6O4/c1-35-23-14-18-13-20(27(34)28-21(18)15-24(23)36-2)25(32-11-5-8-17-7-3-4-10-22(17)32)26-29-30-31-33(26)16-19-9-6-12-37-19/h3-4,7,10,13-15,19,25H,5-6,8-9,11-12,16H2,1-2H3,(H,28,34). The zero-order chi connectivity index (χ0) is 25.4. The van der Waals surface area contributed by atoms with E-state index in [0.29, 0.717) is 34.9 Å². The Bertz CT molecular complexity index is 1480. The van der Waals surface area contributed by atoms with Gasteiger partial charge < -0.3 is 24.1 Å². The molecule has 6 rings (SSSR count). The summed E-state index contributed by atoms with van der Waals surface area (Å²) in [5, 5.41) is 13.7. The Morgan fingerprint density at radius 2 is 1.97 bits per heavy atom. The van der Waals surface area contributed by atoms with Crippen molar-refractivity contribution in [2.45, 2.75) is 44.4 Å². The van der Waals surface area contributed by atoms with E-state index < -0.39 is 6.04 Å². The SMILES string of the molecule is COc1cc2cc(C(c3nnnn3CC3CCCO3)N3CCCc4ccccc43)c(=O)[nH]c2cc1OC. The fourth-order valence-corrected chi connectivity index (χ4v) is 5.55. The quantitative estimate of drug-likeness (QED) is 0.410. The van der Waals surface area contributed by atoms with E-state index in [1.165, 1.54) is 5.56 Å². The molecule has 10 nitrogen and oxygen atoms in total. The molecule has 1 fully saturated rings. The number of aromatic amines is 1. The highest BCUT2D eigenvalue weighted by atomic mass is 16.5.